The van der Waals surface area contributed by atoms with Gasteiger partial charge in [-0.3, -0.25) is 10.1 Å². The lowest BCUT2D eigenvalue weighted by Crippen LogP contribution is -2.51. The highest BCUT2D eigenvalue weighted by Gasteiger charge is 2.33. The lowest BCUT2D eigenvalue weighted by atomic mass is 9.91. The maximum Gasteiger partial charge on any atom is 0.331 e. The van der Waals surface area contributed by atoms with Crippen molar-refractivity contribution in [3.05, 3.63) is 23.6 Å². The molecule has 0 aliphatic heterocycles. The molecule has 1 aromatic rings. The Hall–Kier alpha value is -2.02. The number of aromatic hydroxyl groups is 1. The van der Waals surface area contributed by atoms with Crippen LogP contribution in [0.5, 0.6) is 5.88 Å². The SMILES string of the molecule is CCCOC(=O)C(NC1CCC1)C(=O)c1cnc(O)c(F)c1. The Balaban J connectivity index is 2.16. The first-order chi connectivity index (χ1) is 10.5. The Bertz CT molecular complexity index is 560. The molecule has 1 aliphatic carbocycles. The maximum atomic E-state index is 13.3. The van der Waals surface area contributed by atoms with E-state index >= 15 is 0 Å². The normalized spacial score (nSPS) is 15.9. The third kappa shape index (κ3) is 3.79. The molecule has 7 heteroatoms. The van der Waals surface area contributed by atoms with Gasteiger partial charge in [0.1, 0.15) is 0 Å². The summed E-state index contributed by atoms with van der Waals surface area (Å²) in [7, 11) is 0. The monoisotopic (exact) mass is 310 g/mol. The average Bonchev–Trinajstić information content (AvgIpc) is 2.46. The number of halogens is 1. The second-order valence-electron chi connectivity index (χ2n) is 5.29. The number of hydrogen-bond acceptors (Lipinski definition) is 6. The summed E-state index contributed by atoms with van der Waals surface area (Å²) in [6, 6.07) is -0.228. The third-order valence-corrected chi connectivity index (χ3v) is 3.56. The zero-order valence-electron chi connectivity index (χ0n) is 12.3. The second kappa shape index (κ2) is 7.31. The van der Waals surface area contributed by atoms with Gasteiger partial charge in [0.2, 0.25) is 5.88 Å². The number of Topliss-reactive ketones (excluding diaryl/α,β-unsaturated/α-hetero) is 1. The molecule has 0 amide bonds. The van der Waals surface area contributed by atoms with E-state index in [4.69, 9.17) is 9.84 Å². The Kier molecular flexibility index (Phi) is 5.43. The first kappa shape index (κ1) is 16.4. The highest BCUT2D eigenvalue weighted by molar-refractivity contribution is 6.12. The van der Waals surface area contributed by atoms with Crippen molar-refractivity contribution in [2.24, 2.45) is 0 Å². The topological polar surface area (TPSA) is 88.5 Å². The molecule has 22 heavy (non-hydrogen) atoms. The lowest BCUT2D eigenvalue weighted by molar-refractivity contribution is -0.145. The third-order valence-electron chi connectivity index (χ3n) is 3.56. The predicted molar refractivity (Wildman–Crippen MR) is 76.0 cm³/mol. The zero-order chi connectivity index (χ0) is 16.1. The Morgan fingerprint density at radius 3 is 2.82 bits per heavy atom. The van der Waals surface area contributed by atoms with E-state index in [1.165, 1.54) is 0 Å². The van der Waals surface area contributed by atoms with Gasteiger partial charge in [-0.1, -0.05) is 13.3 Å². The highest BCUT2D eigenvalue weighted by atomic mass is 19.1. The number of hydrogen-bond donors (Lipinski definition) is 2. The Morgan fingerprint density at radius 2 is 2.27 bits per heavy atom. The van der Waals surface area contributed by atoms with Crippen molar-refractivity contribution in [3.63, 3.8) is 0 Å². The van der Waals surface area contributed by atoms with Crippen LogP contribution >= 0.6 is 0 Å². The molecule has 0 bridgehead atoms. The van der Waals surface area contributed by atoms with Gasteiger partial charge in [0.15, 0.2) is 17.6 Å². The number of ether oxygens (including phenoxy) is 1. The molecule has 0 aromatic carbocycles. The van der Waals surface area contributed by atoms with Crippen LogP contribution < -0.4 is 5.32 Å². The summed E-state index contributed by atoms with van der Waals surface area (Å²) >= 11 is 0. The quantitative estimate of drug-likeness (QED) is 0.451. The van der Waals surface area contributed by atoms with Crippen LogP contribution in [0, 0.1) is 5.82 Å². The molecule has 2 rings (SSSR count). The standard InChI is InChI=1S/C15H19FN2O4/c1-2-6-22-15(21)12(18-10-4-3-5-10)13(19)9-7-11(16)14(20)17-8-9/h7-8,10,12,18H,2-6H2,1H3,(H,17,20). The van der Waals surface area contributed by atoms with Gasteiger partial charge in [-0.25, -0.2) is 14.2 Å². The number of nitrogens with one attached hydrogen (secondary N) is 1. The van der Waals surface area contributed by atoms with Crippen LogP contribution in [-0.4, -0.2) is 40.5 Å². The highest BCUT2D eigenvalue weighted by Crippen LogP contribution is 2.20. The summed E-state index contributed by atoms with van der Waals surface area (Å²) < 4.78 is 18.4. The fourth-order valence-corrected chi connectivity index (χ4v) is 2.08. The molecule has 1 atom stereocenters. The number of aromatic nitrogens is 1. The Morgan fingerprint density at radius 1 is 1.55 bits per heavy atom. The largest absolute Gasteiger partial charge is 0.491 e. The molecule has 0 spiro atoms. The van der Waals surface area contributed by atoms with Crippen LogP contribution in [0.4, 0.5) is 4.39 Å². The summed E-state index contributed by atoms with van der Waals surface area (Å²) in [5.41, 5.74) is -0.0828. The second-order valence-corrected chi connectivity index (χ2v) is 5.29. The van der Waals surface area contributed by atoms with E-state index in [0.717, 1.165) is 31.5 Å². The van der Waals surface area contributed by atoms with Crippen LogP contribution in [0.25, 0.3) is 0 Å². The lowest BCUT2D eigenvalue weighted by Gasteiger charge is -2.30. The van der Waals surface area contributed by atoms with Gasteiger partial charge in [-0.15, -0.1) is 0 Å². The molecule has 0 radical (unpaired) electrons. The van der Waals surface area contributed by atoms with Gasteiger partial charge in [0.05, 0.1) is 6.61 Å². The fourth-order valence-electron chi connectivity index (χ4n) is 2.08. The maximum absolute atomic E-state index is 13.3. The molecule has 1 heterocycles. The van der Waals surface area contributed by atoms with E-state index < -0.39 is 29.5 Å². The number of nitrogens with zero attached hydrogens (tertiary/aromatic N) is 1. The van der Waals surface area contributed by atoms with Crippen molar-refractivity contribution in [2.45, 2.75) is 44.7 Å². The molecule has 0 saturated heterocycles. The number of pyridine rings is 1. The number of rotatable bonds is 7. The van der Waals surface area contributed by atoms with E-state index in [-0.39, 0.29) is 18.2 Å². The zero-order valence-corrected chi connectivity index (χ0v) is 12.3. The van der Waals surface area contributed by atoms with Crippen molar-refractivity contribution in [2.75, 3.05) is 6.61 Å². The summed E-state index contributed by atoms with van der Waals surface area (Å²) in [6.45, 7) is 2.07. The predicted octanol–water partition coefficient (Wildman–Crippen LogP) is 1.57. The molecule has 1 fully saturated rings. The number of ketones is 1. The van der Waals surface area contributed by atoms with Gasteiger partial charge < -0.3 is 9.84 Å². The molecule has 120 valence electrons. The Labute approximate surface area is 127 Å². The minimum Gasteiger partial charge on any atom is -0.491 e. The van der Waals surface area contributed by atoms with Crippen LogP contribution in [0.1, 0.15) is 43.0 Å². The molecule has 6 nitrogen and oxygen atoms in total. The van der Waals surface area contributed by atoms with E-state index in [1.54, 1.807) is 0 Å². The van der Waals surface area contributed by atoms with Crippen molar-refractivity contribution >= 4 is 11.8 Å². The van der Waals surface area contributed by atoms with Crippen molar-refractivity contribution < 1.29 is 23.8 Å². The van der Waals surface area contributed by atoms with E-state index in [0.29, 0.717) is 6.42 Å². The summed E-state index contributed by atoms with van der Waals surface area (Å²) in [5, 5.41) is 12.0. The first-order valence-corrected chi connectivity index (χ1v) is 7.34. The van der Waals surface area contributed by atoms with Crippen LogP contribution in [0.3, 0.4) is 0 Å². The van der Waals surface area contributed by atoms with E-state index in [2.05, 4.69) is 10.3 Å². The number of carbonyl (C=O) groups excluding carboxylic acids is 2. The smallest absolute Gasteiger partial charge is 0.331 e. The summed E-state index contributed by atoms with van der Waals surface area (Å²) in [6.07, 6.45) is 4.49. The van der Waals surface area contributed by atoms with Gasteiger partial charge >= 0.3 is 5.97 Å². The van der Waals surface area contributed by atoms with Gasteiger partial charge in [-0.2, -0.15) is 0 Å². The summed E-state index contributed by atoms with van der Waals surface area (Å²) in [4.78, 5) is 27.9. The number of esters is 1. The summed E-state index contributed by atoms with van der Waals surface area (Å²) in [5.74, 6) is -3.07. The van der Waals surface area contributed by atoms with Gasteiger partial charge in [0, 0.05) is 17.8 Å². The fraction of sp³-hybridized carbons (Fsp3) is 0.533. The molecule has 1 unspecified atom stereocenters. The van der Waals surface area contributed by atoms with Crippen molar-refractivity contribution in [1.29, 1.82) is 0 Å². The molecule has 2 N–H and O–H groups in total. The first-order valence-electron chi connectivity index (χ1n) is 7.34. The van der Waals surface area contributed by atoms with E-state index in [1.807, 2.05) is 6.92 Å². The van der Waals surface area contributed by atoms with E-state index in [9.17, 15) is 14.0 Å². The number of carbonyl (C=O) groups is 2. The molecule has 1 aromatic heterocycles. The van der Waals surface area contributed by atoms with Gasteiger partial charge in [-0.05, 0) is 25.3 Å². The van der Waals surface area contributed by atoms with Crippen molar-refractivity contribution in [1.82, 2.24) is 10.3 Å². The van der Waals surface area contributed by atoms with Gasteiger partial charge in [0.25, 0.3) is 0 Å². The average molecular weight is 310 g/mol. The molecule has 1 aliphatic rings. The molecular formula is C15H19FN2O4. The van der Waals surface area contributed by atoms with Crippen LogP contribution in [0.15, 0.2) is 12.3 Å². The minimum absolute atomic E-state index is 0.0815. The minimum atomic E-state index is -1.18. The van der Waals surface area contributed by atoms with Crippen molar-refractivity contribution in [3.8, 4) is 5.88 Å². The molecule has 1 saturated carbocycles. The van der Waals surface area contributed by atoms with Crippen LogP contribution in [0.2, 0.25) is 0 Å². The van der Waals surface area contributed by atoms with Crippen LogP contribution in [-0.2, 0) is 9.53 Å². The molecular weight excluding hydrogens is 291 g/mol.